The van der Waals surface area contributed by atoms with E-state index in [0.717, 1.165) is 0 Å². The number of benzene rings is 1. The first-order valence-corrected chi connectivity index (χ1v) is 5.92. The predicted molar refractivity (Wildman–Crippen MR) is 68.7 cm³/mol. The fraction of sp³-hybridized carbons (Fsp3) is 0.400. The second kappa shape index (κ2) is 3.89. The molecule has 0 saturated carbocycles. The van der Waals surface area contributed by atoms with Crippen LogP contribution in [0.5, 0.6) is 0 Å². The Bertz CT molecular complexity index is 539. The minimum absolute atomic E-state index is 0.563. The molecule has 1 aromatic carbocycles. The molecule has 0 aliphatic rings. The van der Waals surface area contributed by atoms with E-state index in [1.807, 2.05) is 0 Å². The molecule has 0 bridgehead atoms. The second-order valence-electron chi connectivity index (χ2n) is 4.85. The molecule has 0 spiro atoms. The fourth-order valence-corrected chi connectivity index (χ4v) is 2.70. The van der Waals surface area contributed by atoms with Crippen LogP contribution in [-0.4, -0.2) is 0 Å². The summed E-state index contributed by atoms with van der Waals surface area (Å²) in [4.78, 5) is 0. The minimum atomic E-state index is 0.563. The van der Waals surface area contributed by atoms with Crippen LogP contribution in [0.25, 0.3) is 10.8 Å². The first kappa shape index (κ1) is 11.1. The number of rotatable bonds is 1. The van der Waals surface area contributed by atoms with Crippen LogP contribution in [0.15, 0.2) is 24.3 Å². The number of aryl methyl sites for hydroxylation is 2. The molecule has 1 heterocycles. The van der Waals surface area contributed by atoms with Gasteiger partial charge in [-0.05, 0) is 18.4 Å². The van der Waals surface area contributed by atoms with Gasteiger partial charge >= 0.3 is 0 Å². The SMILES string of the molecule is Cc1c(C(C)C)[n+](C)c(C)c2ccccc12. The van der Waals surface area contributed by atoms with Crippen molar-refractivity contribution in [2.45, 2.75) is 33.6 Å². The third kappa shape index (κ3) is 1.51. The lowest BCUT2D eigenvalue weighted by atomic mass is 9.97. The first-order valence-electron chi connectivity index (χ1n) is 5.92. The van der Waals surface area contributed by atoms with Crippen LogP contribution in [0.3, 0.4) is 0 Å². The van der Waals surface area contributed by atoms with Crippen molar-refractivity contribution in [2.75, 3.05) is 0 Å². The van der Waals surface area contributed by atoms with E-state index >= 15 is 0 Å². The van der Waals surface area contributed by atoms with Crippen LogP contribution >= 0.6 is 0 Å². The molecule has 1 nitrogen and oxygen atoms in total. The Morgan fingerprint density at radius 3 is 2.12 bits per heavy atom. The molecule has 1 aromatic heterocycles. The molecule has 0 atom stereocenters. The Labute approximate surface area is 97.7 Å². The van der Waals surface area contributed by atoms with Gasteiger partial charge in [-0.2, -0.15) is 0 Å². The van der Waals surface area contributed by atoms with E-state index in [0.29, 0.717) is 5.92 Å². The monoisotopic (exact) mass is 214 g/mol. The first-order chi connectivity index (χ1) is 7.54. The Morgan fingerprint density at radius 2 is 1.56 bits per heavy atom. The fourth-order valence-electron chi connectivity index (χ4n) is 2.70. The van der Waals surface area contributed by atoms with Crippen LogP contribution in [0, 0.1) is 13.8 Å². The highest BCUT2D eigenvalue weighted by Crippen LogP contribution is 2.25. The number of pyridine rings is 1. The zero-order valence-corrected chi connectivity index (χ0v) is 10.8. The zero-order valence-electron chi connectivity index (χ0n) is 10.8. The van der Waals surface area contributed by atoms with Gasteiger partial charge < -0.3 is 0 Å². The predicted octanol–water partition coefficient (Wildman–Crippen LogP) is 3.40. The van der Waals surface area contributed by atoms with Gasteiger partial charge in [0, 0.05) is 23.8 Å². The van der Waals surface area contributed by atoms with Crippen molar-refractivity contribution in [3.8, 4) is 0 Å². The van der Waals surface area contributed by atoms with Crippen LogP contribution in [0.4, 0.5) is 0 Å². The molecule has 16 heavy (non-hydrogen) atoms. The maximum atomic E-state index is 2.34. The lowest BCUT2D eigenvalue weighted by molar-refractivity contribution is -0.685. The summed E-state index contributed by atoms with van der Waals surface area (Å²) in [5.41, 5.74) is 4.21. The van der Waals surface area contributed by atoms with Crippen LogP contribution in [0.2, 0.25) is 0 Å². The third-order valence-corrected chi connectivity index (χ3v) is 3.52. The molecule has 0 saturated heterocycles. The highest BCUT2D eigenvalue weighted by molar-refractivity contribution is 5.86. The minimum Gasteiger partial charge on any atom is -0.202 e. The Hall–Kier alpha value is -1.37. The highest BCUT2D eigenvalue weighted by atomic mass is 14.9. The molecule has 2 aromatic rings. The summed E-state index contributed by atoms with van der Waals surface area (Å²) in [5.74, 6) is 0.563. The molecular weight excluding hydrogens is 194 g/mol. The standard InChI is InChI=1S/C15H20N/c1-10(2)15-11(3)13-8-6-7-9-14(13)12(4)16(15)5/h6-10H,1-5H3/q+1. The third-order valence-electron chi connectivity index (χ3n) is 3.52. The quantitative estimate of drug-likeness (QED) is 0.641. The molecule has 0 radical (unpaired) electrons. The number of fused-ring (bicyclic) bond motifs is 1. The van der Waals surface area contributed by atoms with Gasteiger partial charge in [0.1, 0.15) is 7.05 Å². The second-order valence-corrected chi connectivity index (χ2v) is 4.85. The maximum absolute atomic E-state index is 2.34. The lowest BCUT2D eigenvalue weighted by Gasteiger charge is -2.12. The molecule has 0 N–H and O–H groups in total. The van der Waals surface area contributed by atoms with Crippen molar-refractivity contribution < 1.29 is 4.57 Å². The lowest BCUT2D eigenvalue weighted by Crippen LogP contribution is -2.39. The van der Waals surface area contributed by atoms with Crippen molar-refractivity contribution in [1.29, 1.82) is 0 Å². The van der Waals surface area contributed by atoms with E-state index in [1.165, 1.54) is 27.7 Å². The van der Waals surface area contributed by atoms with E-state index in [4.69, 9.17) is 0 Å². The molecule has 0 aliphatic carbocycles. The van der Waals surface area contributed by atoms with E-state index in [2.05, 4.69) is 63.6 Å². The van der Waals surface area contributed by atoms with Crippen molar-refractivity contribution >= 4 is 10.8 Å². The van der Waals surface area contributed by atoms with Gasteiger partial charge in [0.15, 0.2) is 11.4 Å². The Kier molecular flexibility index (Phi) is 2.71. The van der Waals surface area contributed by atoms with Crippen molar-refractivity contribution in [3.63, 3.8) is 0 Å². The van der Waals surface area contributed by atoms with Gasteiger partial charge in [0.05, 0.1) is 0 Å². The van der Waals surface area contributed by atoms with E-state index in [1.54, 1.807) is 0 Å². The van der Waals surface area contributed by atoms with Gasteiger partial charge in [-0.1, -0.05) is 32.0 Å². The summed E-state index contributed by atoms with van der Waals surface area (Å²) in [6.07, 6.45) is 0. The molecule has 0 amide bonds. The number of nitrogens with zero attached hydrogens (tertiary/aromatic N) is 1. The van der Waals surface area contributed by atoms with E-state index < -0.39 is 0 Å². The van der Waals surface area contributed by atoms with Gasteiger partial charge in [-0.15, -0.1) is 0 Å². The summed E-state index contributed by atoms with van der Waals surface area (Å²) >= 11 is 0. The molecule has 84 valence electrons. The molecule has 0 unspecified atom stereocenters. The summed E-state index contributed by atoms with van der Waals surface area (Å²) in [6.45, 7) is 8.96. The normalized spacial score (nSPS) is 11.4. The molecule has 2 rings (SSSR count). The Morgan fingerprint density at radius 1 is 1.00 bits per heavy atom. The van der Waals surface area contributed by atoms with Crippen molar-refractivity contribution in [1.82, 2.24) is 0 Å². The van der Waals surface area contributed by atoms with Crippen LogP contribution in [0.1, 0.15) is 36.7 Å². The van der Waals surface area contributed by atoms with Gasteiger partial charge in [0.2, 0.25) is 0 Å². The molecule has 1 heteroatoms. The Balaban J connectivity index is 2.94. The van der Waals surface area contributed by atoms with Crippen molar-refractivity contribution in [2.24, 2.45) is 7.05 Å². The zero-order chi connectivity index (χ0) is 11.9. The largest absolute Gasteiger partial charge is 0.202 e. The number of aromatic nitrogens is 1. The molecular formula is C15H20N+. The maximum Gasteiger partial charge on any atom is 0.187 e. The summed E-state index contributed by atoms with van der Waals surface area (Å²) in [6, 6.07) is 8.67. The van der Waals surface area contributed by atoms with Gasteiger partial charge in [-0.25, -0.2) is 4.57 Å². The number of hydrogen-bond donors (Lipinski definition) is 0. The average molecular weight is 214 g/mol. The number of hydrogen-bond acceptors (Lipinski definition) is 0. The average Bonchev–Trinajstić information content (AvgIpc) is 2.26. The van der Waals surface area contributed by atoms with E-state index in [9.17, 15) is 0 Å². The summed E-state index contributed by atoms with van der Waals surface area (Å²) < 4.78 is 2.34. The topological polar surface area (TPSA) is 3.88 Å². The van der Waals surface area contributed by atoms with Gasteiger partial charge in [0.25, 0.3) is 0 Å². The molecule has 0 fully saturated rings. The van der Waals surface area contributed by atoms with Crippen molar-refractivity contribution in [3.05, 3.63) is 41.2 Å². The van der Waals surface area contributed by atoms with Crippen LogP contribution in [-0.2, 0) is 7.05 Å². The van der Waals surface area contributed by atoms with Gasteiger partial charge in [-0.3, -0.25) is 0 Å². The highest BCUT2D eigenvalue weighted by Gasteiger charge is 2.20. The van der Waals surface area contributed by atoms with Crippen LogP contribution < -0.4 is 4.57 Å². The molecule has 0 aliphatic heterocycles. The summed E-state index contributed by atoms with van der Waals surface area (Å²) in [5, 5.41) is 2.76. The van der Waals surface area contributed by atoms with E-state index in [-0.39, 0.29) is 0 Å². The smallest absolute Gasteiger partial charge is 0.187 e. The summed E-state index contributed by atoms with van der Waals surface area (Å²) in [7, 11) is 2.17.